The number of hydrogen-bond acceptors (Lipinski definition) is 6. The third-order valence-corrected chi connectivity index (χ3v) is 8.33. The van der Waals surface area contributed by atoms with E-state index in [1.54, 1.807) is 36.7 Å². The number of aromatic nitrogens is 1. The number of benzene rings is 1. The van der Waals surface area contributed by atoms with Crippen molar-refractivity contribution in [2.45, 2.75) is 76.6 Å². The average molecular weight is 658 g/mol. The number of rotatable bonds is 5. The second-order valence-corrected chi connectivity index (χ2v) is 12.6. The van der Waals surface area contributed by atoms with E-state index < -0.39 is 71.6 Å². The summed E-state index contributed by atoms with van der Waals surface area (Å²) in [5, 5.41) is 21.7. The van der Waals surface area contributed by atoms with Crippen LogP contribution in [0.2, 0.25) is 0 Å². The predicted octanol–water partition coefficient (Wildman–Crippen LogP) is 5.13. The van der Waals surface area contributed by atoms with E-state index in [1.165, 1.54) is 11.0 Å². The van der Waals surface area contributed by atoms with Crippen LogP contribution in [0.1, 0.15) is 63.7 Å². The van der Waals surface area contributed by atoms with E-state index in [2.05, 4.69) is 15.6 Å². The third-order valence-electron chi connectivity index (χ3n) is 8.33. The molecule has 1 aromatic heterocycles. The second kappa shape index (κ2) is 12.1. The number of amides is 2. The zero-order chi connectivity index (χ0) is 34.4. The lowest BCUT2D eigenvalue weighted by molar-refractivity contribution is -0.201. The first kappa shape index (κ1) is 34.5. The SMILES string of the molecule is CC1(C)CC(=O)N(C(c2cccnc2)C2C(C(=O)N[C@@H]3C[C@H](C(F)(F)F)Oc4ccccc43)C2(C)C)C(=N)N1.O=C(O)C(F)(F)F. The van der Waals surface area contributed by atoms with Crippen LogP contribution in [0.25, 0.3) is 0 Å². The van der Waals surface area contributed by atoms with Gasteiger partial charge in [0.25, 0.3) is 0 Å². The number of hydrogen-bond donors (Lipinski definition) is 4. The maximum absolute atomic E-state index is 13.7. The van der Waals surface area contributed by atoms with Crippen LogP contribution in [0.15, 0.2) is 48.8 Å². The molecule has 0 spiro atoms. The molecule has 250 valence electrons. The summed E-state index contributed by atoms with van der Waals surface area (Å²) in [6.07, 6.45) is -8.76. The van der Waals surface area contributed by atoms with Gasteiger partial charge in [0.1, 0.15) is 5.75 Å². The molecule has 1 saturated carbocycles. The van der Waals surface area contributed by atoms with E-state index in [4.69, 9.17) is 20.0 Å². The maximum atomic E-state index is 13.7. The summed E-state index contributed by atoms with van der Waals surface area (Å²) in [6.45, 7) is 7.48. The molecule has 4 N–H and O–H groups in total. The van der Waals surface area contributed by atoms with E-state index in [1.807, 2.05) is 33.8 Å². The summed E-state index contributed by atoms with van der Waals surface area (Å²) in [5.74, 6) is -4.38. The lowest BCUT2D eigenvalue weighted by Crippen LogP contribution is -2.61. The average Bonchev–Trinajstić information content (AvgIpc) is 3.50. The smallest absolute Gasteiger partial charge is 0.480 e. The number of carbonyl (C=O) groups is 3. The first-order valence-corrected chi connectivity index (χ1v) is 14.2. The van der Waals surface area contributed by atoms with Gasteiger partial charge in [0.2, 0.25) is 11.8 Å². The number of nitrogens with zero attached hydrogens (tertiary/aromatic N) is 2. The largest absolute Gasteiger partial charge is 0.490 e. The minimum absolute atomic E-state index is 0.0571. The summed E-state index contributed by atoms with van der Waals surface area (Å²) < 4.78 is 77.8. The summed E-state index contributed by atoms with van der Waals surface area (Å²) >= 11 is 0. The highest BCUT2D eigenvalue weighted by atomic mass is 19.4. The van der Waals surface area contributed by atoms with Crippen molar-refractivity contribution in [3.8, 4) is 5.75 Å². The van der Waals surface area contributed by atoms with Crippen LogP contribution in [0.5, 0.6) is 5.75 Å². The van der Waals surface area contributed by atoms with E-state index >= 15 is 0 Å². The molecule has 10 nitrogen and oxygen atoms in total. The summed E-state index contributed by atoms with van der Waals surface area (Å²) in [5.41, 5.74) is -0.0267. The van der Waals surface area contributed by atoms with Gasteiger partial charge in [0.05, 0.1) is 12.1 Å². The van der Waals surface area contributed by atoms with Gasteiger partial charge >= 0.3 is 18.3 Å². The van der Waals surface area contributed by atoms with Gasteiger partial charge in [-0.2, -0.15) is 26.3 Å². The van der Waals surface area contributed by atoms with Crippen molar-refractivity contribution in [2.75, 3.05) is 0 Å². The molecule has 2 fully saturated rings. The number of carboxylic acid groups (broad SMARTS) is 1. The van der Waals surface area contributed by atoms with Crippen LogP contribution in [-0.2, 0) is 14.4 Å². The molecule has 2 aromatic rings. The lowest BCUT2D eigenvalue weighted by Gasteiger charge is -2.42. The molecule has 0 bridgehead atoms. The van der Waals surface area contributed by atoms with Gasteiger partial charge in [-0.3, -0.25) is 24.9 Å². The summed E-state index contributed by atoms with van der Waals surface area (Å²) in [6, 6.07) is 8.41. The minimum atomic E-state index is -5.08. The number of para-hydroxylation sites is 1. The number of alkyl halides is 6. The highest BCUT2D eigenvalue weighted by Crippen LogP contribution is 2.65. The molecule has 3 unspecified atom stereocenters. The Bertz CT molecular complexity index is 1480. The van der Waals surface area contributed by atoms with Crippen LogP contribution < -0.4 is 15.4 Å². The van der Waals surface area contributed by atoms with Crippen molar-refractivity contribution in [1.82, 2.24) is 20.5 Å². The molecule has 1 aromatic carbocycles. The van der Waals surface area contributed by atoms with E-state index in [0.29, 0.717) is 11.1 Å². The third kappa shape index (κ3) is 7.20. The van der Waals surface area contributed by atoms with Gasteiger partial charge in [-0.05, 0) is 37.0 Å². The number of guanidine groups is 1. The number of ether oxygens (including phenoxy) is 1. The summed E-state index contributed by atoms with van der Waals surface area (Å²) in [7, 11) is 0. The number of carboxylic acids is 1. The van der Waals surface area contributed by atoms with Crippen LogP contribution in [0, 0.1) is 22.7 Å². The van der Waals surface area contributed by atoms with Gasteiger partial charge in [-0.25, -0.2) is 4.79 Å². The Balaban J connectivity index is 0.000000617. The molecule has 46 heavy (non-hydrogen) atoms. The molecule has 3 heterocycles. The Hall–Kier alpha value is -4.37. The minimum Gasteiger partial charge on any atom is -0.480 e. The fraction of sp³-hybridized carbons (Fsp3) is 0.500. The molecule has 16 heteroatoms. The normalized spacial score (nSPS) is 25.5. The maximum Gasteiger partial charge on any atom is 0.490 e. The Labute approximate surface area is 260 Å². The fourth-order valence-electron chi connectivity index (χ4n) is 6.16. The molecule has 1 saturated heterocycles. The first-order valence-electron chi connectivity index (χ1n) is 14.2. The van der Waals surface area contributed by atoms with Gasteiger partial charge in [-0.1, -0.05) is 38.1 Å². The molecular weight excluding hydrogens is 624 g/mol. The van der Waals surface area contributed by atoms with Crippen molar-refractivity contribution >= 4 is 23.7 Å². The lowest BCUT2D eigenvalue weighted by atomic mass is 9.92. The molecule has 2 aliphatic heterocycles. The monoisotopic (exact) mass is 657 g/mol. The van der Waals surface area contributed by atoms with Crippen LogP contribution in [0.3, 0.4) is 0 Å². The molecule has 0 radical (unpaired) electrons. The van der Waals surface area contributed by atoms with E-state index in [-0.39, 0.29) is 24.0 Å². The quantitative estimate of drug-likeness (QED) is 0.326. The second-order valence-electron chi connectivity index (χ2n) is 12.6. The zero-order valence-corrected chi connectivity index (χ0v) is 25.2. The predicted molar refractivity (Wildman–Crippen MR) is 150 cm³/mol. The van der Waals surface area contributed by atoms with Crippen molar-refractivity contribution in [1.29, 1.82) is 5.41 Å². The highest BCUT2D eigenvalue weighted by molar-refractivity contribution is 6.00. The fourth-order valence-corrected chi connectivity index (χ4v) is 6.16. The Morgan fingerprint density at radius 3 is 2.28 bits per heavy atom. The molecule has 3 aliphatic rings. The van der Waals surface area contributed by atoms with E-state index in [9.17, 15) is 35.9 Å². The molecule has 1 aliphatic carbocycles. The van der Waals surface area contributed by atoms with Crippen molar-refractivity contribution in [3.63, 3.8) is 0 Å². The van der Waals surface area contributed by atoms with Crippen molar-refractivity contribution in [3.05, 3.63) is 59.9 Å². The number of pyridine rings is 1. The Morgan fingerprint density at radius 1 is 1.11 bits per heavy atom. The number of halogens is 6. The van der Waals surface area contributed by atoms with Crippen LogP contribution >= 0.6 is 0 Å². The molecule has 5 atom stereocenters. The van der Waals surface area contributed by atoms with Crippen LogP contribution in [0.4, 0.5) is 26.3 Å². The Morgan fingerprint density at radius 2 is 1.74 bits per heavy atom. The Kier molecular flexibility index (Phi) is 9.07. The molecule has 5 rings (SSSR count). The molecular formula is C30H33F6N5O5. The first-order chi connectivity index (χ1) is 21.1. The summed E-state index contributed by atoms with van der Waals surface area (Å²) in [4.78, 5) is 41.6. The number of carbonyl (C=O) groups excluding carboxylic acids is 2. The topological polar surface area (TPSA) is 145 Å². The number of fused-ring (bicyclic) bond motifs is 1. The highest BCUT2D eigenvalue weighted by Gasteiger charge is 2.67. The number of nitrogens with one attached hydrogen (secondary N) is 3. The van der Waals surface area contributed by atoms with Crippen molar-refractivity contribution in [2.24, 2.45) is 17.3 Å². The zero-order valence-electron chi connectivity index (χ0n) is 25.2. The van der Waals surface area contributed by atoms with Gasteiger partial charge in [0, 0.05) is 48.2 Å². The molecule has 2 amide bonds. The van der Waals surface area contributed by atoms with E-state index in [0.717, 1.165) is 0 Å². The number of aliphatic carboxylic acids is 1. The van der Waals surface area contributed by atoms with Gasteiger partial charge in [-0.15, -0.1) is 0 Å². The standard InChI is InChI=1S/C28H32F3N5O3.C2HF3O2/c1-26(2)13-20(37)36(25(32)35-26)23(15-8-7-11-33-14-15)21-22(27(21,3)4)24(38)34-17-12-19(28(29,30)31)39-18-10-6-5-9-16(17)18;3-2(4,5)1(6)7/h5-11,14,17,19,21-23H,12-13H2,1-4H3,(H2,32,35)(H,34,38);(H,6,7)/t17-,19-,21?,22?,23?;/m1./s1. The van der Waals surface area contributed by atoms with Gasteiger partial charge in [0.15, 0.2) is 12.1 Å². The van der Waals surface area contributed by atoms with Crippen LogP contribution in [-0.4, -0.2) is 62.7 Å². The van der Waals surface area contributed by atoms with Gasteiger partial charge < -0.3 is 20.5 Å². The van der Waals surface area contributed by atoms with Crippen molar-refractivity contribution < 1.29 is 50.6 Å².